The van der Waals surface area contributed by atoms with Crippen molar-refractivity contribution in [2.75, 3.05) is 0 Å². The Morgan fingerprint density at radius 1 is 1.00 bits per heavy atom. The Balaban J connectivity index is 2.15. The van der Waals surface area contributed by atoms with Gasteiger partial charge in [0.1, 0.15) is 11.3 Å². The van der Waals surface area contributed by atoms with E-state index in [-0.39, 0.29) is 17.3 Å². The summed E-state index contributed by atoms with van der Waals surface area (Å²) in [7, 11) is 0. The van der Waals surface area contributed by atoms with Gasteiger partial charge in [0, 0.05) is 5.69 Å². The number of hydrogen-bond donors (Lipinski definition) is 2. The topological polar surface area (TPSA) is 78.9 Å². The SMILES string of the molecule is Cc1cccc(-c2nc(O)c(-c3ccccc3)c(=O)[nH]2)n1. The van der Waals surface area contributed by atoms with Crippen molar-refractivity contribution < 1.29 is 5.11 Å². The second-order valence-corrected chi connectivity index (χ2v) is 4.64. The molecule has 0 aliphatic heterocycles. The molecular formula is C16H13N3O2. The van der Waals surface area contributed by atoms with E-state index in [0.29, 0.717) is 11.3 Å². The maximum atomic E-state index is 12.2. The molecule has 0 amide bonds. The fraction of sp³-hybridized carbons (Fsp3) is 0.0625. The first kappa shape index (κ1) is 13.1. The monoisotopic (exact) mass is 279 g/mol. The highest BCUT2D eigenvalue weighted by molar-refractivity contribution is 5.68. The summed E-state index contributed by atoms with van der Waals surface area (Å²) in [5, 5.41) is 10.1. The quantitative estimate of drug-likeness (QED) is 0.755. The second kappa shape index (κ2) is 5.20. The highest BCUT2D eigenvalue weighted by atomic mass is 16.3. The van der Waals surface area contributed by atoms with Gasteiger partial charge in [-0.1, -0.05) is 36.4 Å². The van der Waals surface area contributed by atoms with Crippen molar-refractivity contribution in [3.05, 3.63) is 64.6 Å². The van der Waals surface area contributed by atoms with Crippen LogP contribution in [0.3, 0.4) is 0 Å². The summed E-state index contributed by atoms with van der Waals surface area (Å²) in [5.41, 5.74) is 1.70. The number of nitrogens with one attached hydrogen (secondary N) is 1. The molecular weight excluding hydrogens is 266 g/mol. The molecule has 0 fully saturated rings. The second-order valence-electron chi connectivity index (χ2n) is 4.64. The zero-order valence-corrected chi connectivity index (χ0v) is 11.4. The van der Waals surface area contributed by atoms with E-state index >= 15 is 0 Å². The summed E-state index contributed by atoms with van der Waals surface area (Å²) < 4.78 is 0. The Bertz CT molecular complexity index is 842. The van der Waals surface area contributed by atoms with Crippen molar-refractivity contribution in [2.24, 2.45) is 0 Å². The average molecular weight is 279 g/mol. The van der Waals surface area contributed by atoms with E-state index in [9.17, 15) is 9.90 Å². The third-order valence-electron chi connectivity index (χ3n) is 3.09. The van der Waals surface area contributed by atoms with Crippen molar-refractivity contribution in [3.63, 3.8) is 0 Å². The van der Waals surface area contributed by atoms with Crippen LogP contribution in [-0.2, 0) is 0 Å². The van der Waals surface area contributed by atoms with Gasteiger partial charge in [-0.25, -0.2) is 4.98 Å². The van der Waals surface area contributed by atoms with Gasteiger partial charge in [-0.15, -0.1) is 0 Å². The molecule has 5 heteroatoms. The molecule has 2 aromatic heterocycles. The third-order valence-corrected chi connectivity index (χ3v) is 3.09. The smallest absolute Gasteiger partial charge is 0.262 e. The molecule has 0 spiro atoms. The Hall–Kier alpha value is -2.95. The van der Waals surface area contributed by atoms with Gasteiger partial charge in [-0.2, -0.15) is 4.98 Å². The van der Waals surface area contributed by atoms with Crippen LogP contribution in [0.5, 0.6) is 5.88 Å². The first-order chi connectivity index (χ1) is 10.1. The van der Waals surface area contributed by atoms with Crippen LogP contribution < -0.4 is 5.56 Å². The van der Waals surface area contributed by atoms with E-state index in [0.717, 1.165) is 5.69 Å². The average Bonchev–Trinajstić information content (AvgIpc) is 2.47. The summed E-state index contributed by atoms with van der Waals surface area (Å²) in [5.74, 6) is -0.0517. The lowest BCUT2D eigenvalue weighted by atomic mass is 10.1. The lowest BCUT2D eigenvalue weighted by Gasteiger charge is -2.06. The third kappa shape index (κ3) is 2.53. The highest BCUT2D eigenvalue weighted by Crippen LogP contribution is 2.24. The summed E-state index contributed by atoms with van der Waals surface area (Å²) in [6, 6.07) is 14.3. The Morgan fingerprint density at radius 2 is 1.76 bits per heavy atom. The van der Waals surface area contributed by atoms with Gasteiger partial charge in [-0.3, -0.25) is 4.79 Å². The summed E-state index contributed by atoms with van der Waals surface area (Å²) >= 11 is 0. The number of aromatic hydroxyl groups is 1. The van der Waals surface area contributed by atoms with E-state index in [4.69, 9.17) is 0 Å². The fourth-order valence-electron chi connectivity index (χ4n) is 2.12. The first-order valence-electron chi connectivity index (χ1n) is 6.48. The minimum absolute atomic E-state index is 0.159. The van der Waals surface area contributed by atoms with Crippen LogP contribution in [0.25, 0.3) is 22.6 Å². The molecule has 1 aromatic carbocycles. The molecule has 0 radical (unpaired) electrons. The summed E-state index contributed by atoms with van der Waals surface area (Å²) in [4.78, 5) is 23.2. The van der Waals surface area contributed by atoms with Crippen LogP contribution in [0.2, 0.25) is 0 Å². The van der Waals surface area contributed by atoms with Crippen LogP contribution >= 0.6 is 0 Å². The normalized spacial score (nSPS) is 10.5. The van der Waals surface area contributed by atoms with Crippen molar-refractivity contribution in [3.8, 4) is 28.5 Å². The molecule has 2 N–H and O–H groups in total. The first-order valence-corrected chi connectivity index (χ1v) is 6.48. The Kier molecular flexibility index (Phi) is 3.23. The van der Waals surface area contributed by atoms with Crippen molar-refractivity contribution in [1.82, 2.24) is 15.0 Å². The molecule has 0 aliphatic rings. The van der Waals surface area contributed by atoms with Gasteiger partial charge in [0.05, 0.1) is 0 Å². The zero-order valence-electron chi connectivity index (χ0n) is 11.4. The summed E-state index contributed by atoms with van der Waals surface area (Å²) in [6.07, 6.45) is 0. The lowest BCUT2D eigenvalue weighted by molar-refractivity contribution is 0.454. The number of aromatic amines is 1. The maximum absolute atomic E-state index is 12.2. The Labute approximate surface area is 121 Å². The number of aromatic nitrogens is 3. The highest BCUT2D eigenvalue weighted by Gasteiger charge is 2.14. The van der Waals surface area contributed by atoms with Gasteiger partial charge in [0.25, 0.3) is 5.56 Å². The van der Waals surface area contributed by atoms with Crippen LogP contribution in [0.15, 0.2) is 53.3 Å². The van der Waals surface area contributed by atoms with Crippen LogP contribution in [0.4, 0.5) is 0 Å². The van der Waals surface area contributed by atoms with Crippen LogP contribution in [0, 0.1) is 6.92 Å². The Morgan fingerprint density at radius 3 is 2.43 bits per heavy atom. The number of aryl methyl sites for hydroxylation is 1. The molecule has 0 atom stereocenters. The fourth-order valence-corrected chi connectivity index (χ4v) is 2.12. The van der Waals surface area contributed by atoms with Crippen molar-refractivity contribution in [2.45, 2.75) is 6.92 Å². The standard InChI is InChI=1S/C16H13N3O2/c1-10-6-5-9-12(17-10)14-18-15(20)13(16(21)19-14)11-7-3-2-4-8-11/h2-9H,1H3,(H2,18,19,20,21). The van der Waals surface area contributed by atoms with E-state index in [1.54, 1.807) is 30.3 Å². The maximum Gasteiger partial charge on any atom is 0.262 e. The molecule has 3 aromatic rings. The largest absolute Gasteiger partial charge is 0.493 e. The molecule has 104 valence electrons. The number of H-pyrrole nitrogens is 1. The van der Waals surface area contributed by atoms with Gasteiger partial charge in [0.15, 0.2) is 5.82 Å². The minimum Gasteiger partial charge on any atom is -0.493 e. The molecule has 3 rings (SSSR count). The number of benzene rings is 1. The minimum atomic E-state index is -0.396. The molecule has 5 nitrogen and oxygen atoms in total. The van der Waals surface area contributed by atoms with E-state index in [2.05, 4.69) is 15.0 Å². The molecule has 2 heterocycles. The molecule has 21 heavy (non-hydrogen) atoms. The van der Waals surface area contributed by atoms with Crippen LogP contribution in [0.1, 0.15) is 5.69 Å². The van der Waals surface area contributed by atoms with Crippen molar-refractivity contribution in [1.29, 1.82) is 0 Å². The molecule has 0 saturated carbocycles. The lowest BCUT2D eigenvalue weighted by Crippen LogP contribution is -2.12. The van der Waals surface area contributed by atoms with E-state index in [1.807, 2.05) is 25.1 Å². The zero-order chi connectivity index (χ0) is 14.8. The number of pyridine rings is 1. The van der Waals surface area contributed by atoms with Gasteiger partial charge in [-0.05, 0) is 24.6 Å². The number of nitrogens with zero attached hydrogens (tertiary/aromatic N) is 2. The predicted octanol–water partition coefficient (Wildman–Crippen LogP) is 2.51. The summed E-state index contributed by atoms with van der Waals surface area (Å²) in [6.45, 7) is 1.85. The predicted molar refractivity (Wildman–Crippen MR) is 79.9 cm³/mol. The molecule has 0 saturated heterocycles. The number of hydrogen-bond acceptors (Lipinski definition) is 4. The van der Waals surface area contributed by atoms with Gasteiger partial charge >= 0.3 is 0 Å². The molecule has 0 unspecified atom stereocenters. The molecule has 0 bridgehead atoms. The van der Waals surface area contributed by atoms with Crippen LogP contribution in [-0.4, -0.2) is 20.1 Å². The van der Waals surface area contributed by atoms with E-state index < -0.39 is 5.56 Å². The number of rotatable bonds is 2. The van der Waals surface area contributed by atoms with Crippen molar-refractivity contribution >= 4 is 0 Å². The van der Waals surface area contributed by atoms with Gasteiger partial charge < -0.3 is 10.1 Å². The van der Waals surface area contributed by atoms with Gasteiger partial charge in [0.2, 0.25) is 5.88 Å². The molecule has 0 aliphatic carbocycles. The van der Waals surface area contributed by atoms with E-state index in [1.165, 1.54) is 0 Å².